The Kier molecular flexibility index (Phi) is 6.50. The zero-order chi connectivity index (χ0) is 14.2. The highest BCUT2D eigenvalue weighted by molar-refractivity contribution is 7.14. The largest absolute Gasteiger partial charge is 0.382 e. The molecule has 1 aliphatic rings. The van der Waals surface area contributed by atoms with Gasteiger partial charge >= 0.3 is 0 Å². The molecule has 0 saturated carbocycles. The van der Waals surface area contributed by atoms with Crippen LogP contribution in [0.4, 0.5) is 0 Å². The minimum absolute atomic E-state index is 0.0568. The van der Waals surface area contributed by atoms with E-state index in [9.17, 15) is 4.79 Å². The van der Waals surface area contributed by atoms with Crippen molar-refractivity contribution in [3.63, 3.8) is 0 Å². The lowest BCUT2D eigenvalue weighted by Gasteiger charge is -2.08. The van der Waals surface area contributed by atoms with Crippen molar-refractivity contribution in [2.45, 2.75) is 32.1 Å². The predicted molar refractivity (Wildman–Crippen MR) is 80.6 cm³/mol. The number of hydrogen-bond donors (Lipinski definition) is 1. The molecule has 4 nitrogen and oxygen atoms in total. The van der Waals surface area contributed by atoms with E-state index in [1.807, 2.05) is 0 Å². The highest BCUT2D eigenvalue weighted by Gasteiger charge is 2.16. The number of aryl methyl sites for hydroxylation is 2. The summed E-state index contributed by atoms with van der Waals surface area (Å²) in [4.78, 5) is 14.3. The number of thiophene rings is 1. The number of methoxy groups -OCH3 is 1. The van der Waals surface area contributed by atoms with Crippen LogP contribution >= 0.6 is 11.3 Å². The van der Waals surface area contributed by atoms with E-state index < -0.39 is 0 Å². The number of carbonyl (C=O) groups is 1. The molecule has 1 aromatic rings. The van der Waals surface area contributed by atoms with E-state index in [-0.39, 0.29) is 5.91 Å². The first-order valence-corrected chi connectivity index (χ1v) is 8.09. The third-order valence-corrected chi connectivity index (χ3v) is 4.64. The lowest BCUT2D eigenvalue weighted by atomic mass is 9.99. The van der Waals surface area contributed by atoms with E-state index >= 15 is 0 Å². The molecular formula is C15H23NO3S. The fourth-order valence-electron chi connectivity index (χ4n) is 2.31. The minimum atomic E-state index is 0.0568. The average Bonchev–Trinajstić information content (AvgIpc) is 2.90. The summed E-state index contributed by atoms with van der Waals surface area (Å²) in [6, 6.07) is 2.07. The number of ether oxygens (including phenoxy) is 2. The second-order valence-electron chi connectivity index (χ2n) is 4.98. The molecular weight excluding hydrogens is 274 g/mol. The molecule has 0 unspecified atom stereocenters. The monoisotopic (exact) mass is 297 g/mol. The van der Waals surface area contributed by atoms with Crippen molar-refractivity contribution >= 4 is 17.2 Å². The number of carbonyl (C=O) groups excluding carboxylic acids is 1. The van der Waals surface area contributed by atoms with Gasteiger partial charge in [-0.2, -0.15) is 0 Å². The Labute approximate surface area is 124 Å². The maximum atomic E-state index is 12.0. The summed E-state index contributed by atoms with van der Waals surface area (Å²) in [5, 5.41) is 2.96. The molecule has 20 heavy (non-hydrogen) atoms. The summed E-state index contributed by atoms with van der Waals surface area (Å²) in [5.41, 5.74) is 1.38. The van der Waals surface area contributed by atoms with E-state index in [2.05, 4.69) is 11.4 Å². The second kappa shape index (κ2) is 8.39. The van der Waals surface area contributed by atoms with E-state index in [1.54, 1.807) is 18.4 Å². The molecule has 1 amide bonds. The van der Waals surface area contributed by atoms with Crippen LogP contribution in [-0.2, 0) is 22.3 Å². The van der Waals surface area contributed by atoms with Gasteiger partial charge in [0.1, 0.15) is 0 Å². The highest BCUT2D eigenvalue weighted by Crippen LogP contribution is 2.29. The van der Waals surface area contributed by atoms with Crippen molar-refractivity contribution in [3.05, 3.63) is 21.4 Å². The van der Waals surface area contributed by atoms with E-state index in [1.165, 1.54) is 23.3 Å². The lowest BCUT2D eigenvalue weighted by Crippen LogP contribution is -2.24. The molecule has 0 radical (unpaired) electrons. The third-order valence-electron chi connectivity index (χ3n) is 3.40. The SMILES string of the molecule is COCCOCCCNC(=O)c1cc2c(s1)CCCC2. The van der Waals surface area contributed by atoms with Gasteiger partial charge in [-0.15, -0.1) is 11.3 Å². The van der Waals surface area contributed by atoms with Gasteiger partial charge in [-0.1, -0.05) is 0 Å². The van der Waals surface area contributed by atoms with Crippen LogP contribution in [0.5, 0.6) is 0 Å². The Morgan fingerprint density at radius 3 is 2.95 bits per heavy atom. The normalized spacial score (nSPS) is 14.1. The Morgan fingerprint density at radius 1 is 1.30 bits per heavy atom. The van der Waals surface area contributed by atoms with Crippen LogP contribution in [0, 0.1) is 0 Å². The first-order chi connectivity index (χ1) is 9.81. The lowest BCUT2D eigenvalue weighted by molar-refractivity contribution is 0.0688. The molecule has 0 bridgehead atoms. The third kappa shape index (κ3) is 4.58. The van der Waals surface area contributed by atoms with Crippen LogP contribution in [0.1, 0.15) is 39.4 Å². The van der Waals surface area contributed by atoms with Crippen molar-refractivity contribution in [1.29, 1.82) is 0 Å². The van der Waals surface area contributed by atoms with Crippen LogP contribution in [0.3, 0.4) is 0 Å². The minimum Gasteiger partial charge on any atom is -0.382 e. The van der Waals surface area contributed by atoms with E-state index in [0.717, 1.165) is 24.1 Å². The van der Waals surface area contributed by atoms with Gasteiger partial charge in [0.2, 0.25) is 0 Å². The molecule has 0 atom stereocenters. The molecule has 0 spiro atoms. The summed E-state index contributed by atoms with van der Waals surface area (Å²) in [6.45, 7) is 2.55. The topological polar surface area (TPSA) is 47.6 Å². The number of nitrogens with one attached hydrogen (secondary N) is 1. The molecule has 5 heteroatoms. The van der Waals surface area contributed by atoms with Gasteiger partial charge in [-0.3, -0.25) is 4.79 Å². The molecule has 0 aliphatic heterocycles. The first kappa shape index (κ1) is 15.5. The van der Waals surface area contributed by atoms with Crippen molar-refractivity contribution in [2.75, 3.05) is 33.5 Å². The fraction of sp³-hybridized carbons (Fsp3) is 0.667. The Balaban J connectivity index is 1.66. The van der Waals surface area contributed by atoms with Gasteiger partial charge < -0.3 is 14.8 Å². The first-order valence-electron chi connectivity index (χ1n) is 7.27. The molecule has 1 aromatic heterocycles. The summed E-state index contributed by atoms with van der Waals surface area (Å²) in [7, 11) is 1.66. The maximum absolute atomic E-state index is 12.0. The number of rotatable bonds is 8. The van der Waals surface area contributed by atoms with Gasteiger partial charge in [0.25, 0.3) is 5.91 Å². The fourth-order valence-corrected chi connectivity index (χ4v) is 3.48. The van der Waals surface area contributed by atoms with Gasteiger partial charge in [0.15, 0.2) is 0 Å². The summed E-state index contributed by atoms with van der Waals surface area (Å²) in [6.07, 6.45) is 5.62. The zero-order valence-corrected chi connectivity index (χ0v) is 12.9. The Morgan fingerprint density at radius 2 is 2.15 bits per heavy atom. The number of hydrogen-bond acceptors (Lipinski definition) is 4. The van der Waals surface area contributed by atoms with Crippen LogP contribution < -0.4 is 5.32 Å². The molecule has 112 valence electrons. The standard InChI is InChI=1S/C15H23NO3S/c1-18-9-10-19-8-4-7-16-15(17)14-11-12-5-2-3-6-13(12)20-14/h11H,2-10H2,1H3,(H,16,17). The van der Waals surface area contributed by atoms with Gasteiger partial charge in [-0.05, 0) is 43.7 Å². The van der Waals surface area contributed by atoms with Crippen molar-refractivity contribution in [2.24, 2.45) is 0 Å². The van der Waals surface area contributed by atoms with Crippen LogP contribution in [0.15, 0.2) is 6.07 Å². The molecule has 1 aliphatic carbocycles. The molecule has 2 rings (SSSR count). The summed E-state index contributed by atoms with van der Waals surface area (Å²) >= 11 is 1.66. The molecule has 1 heterocycles. The quantitative estimate of drug-likeness (QED) is 0.750. The number of amides is 1. The Bertz CT molecular complexity index is 407. The maximum Gasteiger partial charge on any atom is 0.261 e. The van der Waals surface area contributed by atoms with Gasteiger partial charge in [0, 0.05) is 25.1 Å². The van der Waals surface area contributed by atoms with E-state index in [4.69, 9.17) is 9.47 Å². The van der Waals surface area contributed by atoms with Crippen molar-refractivity contribution in [1.82, 2.24) is 5.32 Å². The van der Waals surface area contributed by atoms with Crippen molar-refractivity contribution < 1.29 is 14.3 Å². The summed E-state index contributed by atoms with van der Waals surface area (Å²) < 4.78 is 10.2. The molecule has 0 aromatic carbocycles. The van der Waals surface area contributed by atoms with Crippen LogP contribution in [0.25, 0.3) is 0 Å². The smallest absolute Gasteiger partial charge is 0.261 e. The van der Waals surface area contributed by atoms with Crippen molar-refractivity contribution in [3.8, 4) is 0 Å². The van der Waals surface area contributed by atoms with Crippen LogP contribution in [-0.4, -0.2) is 39.4 Å². The molecule has 1 N–H and O–H groups in total. The number of fused-ring (bicyclic) bond motifs is 1. The molecule has 0 saturated heterocycles. The highest BCUT2D eigenvalue weighted by atomic mass is 32.1. The average molecular weight is 297 g/mol. The Hall–Kier alpha value is -0.910. The second-order valence-corrected chi connectivity index (χ2v) is 6.12. The zero-order valence-electron chi connectivity index (χ0n) is 12.1. The summed E-state index contributed by atoms with van der Waals surface area (Å²) in [5.74, 6) is 0.0568. The van der Waals surface area contributed by atoms with Gasteiger partial charge in [0.05, 0.1) is 18.1 Å². The predicted octanol–water partition coefficient (Wildman–Crippen LogP) is 2.41. The van der Waals surface area contributed by atoms with Gasteiger partial charge in [-0.25, -0.2) is 0 Å². The molecule has 0 fully saturated rings. The van der Waals surface area contributed by atoms with Crippen LogP contribution in [0.2, 0.25) is 0 Å². The van der Waals surface area contributed by atoms with E-state index in [0.29, 0.717) is 26.4 Å².